The number of ketones is 1. The minimum atomic E-state index is -0.0294. The van der Waals surface area contributed by atoms with E-state index in [1.807, 2.05) is 25.4 Å². The first-order chi connectivity index (χ1) is 10.0. The Morgan fingerprint density at radius 2 is 2.00 bits per heavy atom. The Labute approximate surface area is 125 Å². The lowest BCUT2D eigenvalue weighted by molar-refractivity contribution is 0.100. The minimum Gasteiger partial charge on any atom is -0.396 e. The van der Waals surface area contributed by atoms with E-state index in [1.54, 1.807) is 4.57 Å². The van der Waals surface area contributed by atoms with Gasteiger partial charge in [0.1, 0.15) is 0 Å². The maximum atomic E-state index is 11.4. The van der Waals surface area contributed by atoms with Gasteiger partial charge in [0.05, 0.1) is 5.69 Å². The number of aromatic nitrogens is 2. The average Bonchev–Trinajstić information content (AvgIpc) is 2.82. The standard InChI is InChI=1S/C17H22N2O2/c1-12(8-9-20)10-14-4-6-15(7-5-14)16-11-19(3)17(18-16)13(2)21/h4-7,11-12,20H,8-10H2,1-3H3/t12-/m1/s1. The molecule has 0 amide bonds. The molecule has 21 heavy (non-hydrogen) atoms. The van der Waals surface area contributed by atoms with Crippen molar-refractivity contribution in [1.82, 2.24) is 9.55 Å². The van der Waals surface area contributed by atoms with Gasteiger partial charge in [-0.1, -0.05) is 31.2 Å². The number of nitrogens with zero attached hydrogens (tertiary/aromatic N) is 2. The molecule has 0 aliphatic heterocycles. The lowest BCUT2D eigenvalue weighted by atomic mass is 9.97. The maximum absolute atomic E-state index is 11.4. The summed E-state index contributed by atoms with van der Waals surface area (Å²) in [7, 11) is 1.83. The summed E-state index contributed by atoms with van der Waals surface area (Å²) in [6.07, 6.45) is 3.66. The molecule has 0 saturated carbocycles. The average molecular weight is 286 g/mol. The smallest absolute Gasteiger partial charge is 0.195 e. The van der Waals surface area contributed by atoms with Gasteiger partial charge in [0.2, 0.25) is 0 Å². The monoisotopic (exact) mass is 286 g/mol. The van der Waals surface area contributed by atoms with Crippen molar-refractivity contribution in [3.8, 4) is 11.3 Å². The van der Waals surface area contributed by atoms with Gasteiger partial charge in [0.15, 0.2) is 11.6 Å². The largest absolute Gasteiger partial charge is 0.396 e. The van der Waals surface area contributed by atoms with Gasteiger partial charge >= 0.3 is 0 Å². The van der Waals surface area contributed by atoms with Crippen LogP contribution in [0.5, 0.6) is 0 Å². The highest BCUT2D eigenvalue weighted by molar-refractivity contribution is 5.91. The molecule has 0 saturated heterocycles. The summed E-state index contributed by atoms with van der Waals surface area (Å²) in [5.41, 5.74) is 3.08. The molecule has 0 unspecified atom stereocenters. The Kier molecular flexibility index (Phi) is 4.91. The SMILES string of the molecule is CC(=O)c1nc(-c2ccc(C[C@H](C)CCO)cc2)cn1C. The van der Waals surface area contributed by atoms with E-state index < -0.39 is 0 Å². The first-order valence-electron chi connectivity index (χ1n) is 7.25. The van der Waals surface area contributed by atoms with Crippen LogP contribution in [0.2, 0.25) is 0 Å². The quantitative estimate of drug-likeness (QED) is 0.831. The van der Waals surface area contributed by atoms with E-state index in [4.69, 9.17) is 5.11 Å². The van der Waals surface area contributed by atoms with Crippen LogP contribution in [0.25, 0.3) is 11.3 Å². The molecule has 2 rings (SSSR count). The van der Waals surface area contributed by atoms with E-state index in [0.29, 0.717) is 11.7 Å². The minimum absolute atomic E-state index is 0.0294. The second-order valence-corrected chi connectivity index (χ2v) is 5.64. The second kappa shape index (κ2) is 6.68. The molecule has 4 nitrogen and oxygen atoms in total. The highest BCUT2D eigenvalue weighted by Crippen LogP contribution is 2.20. The van der Waals surface area contributed by atoms with Crippen LogP contribution in [0.4, 0.5) is 0 Å². The summed E-state index contributed by atoms with van der Waals surface area (Å²) in [4.78, 5) is 15.8. The number of Topliss-reactive ketones (excluding diaryl/α,β-unsaturated/α-hetero) is 1. The Morgan fingerprint density at radius 1 is 1.33 bits per heavy atom. The molecule has 0 bridgehead atoms. The van der Waals surface area contributed by atoms with Crippen molar-refractivity contribution < 1.29 is 9.90 Å². The summed E-state index contributed by atoms with van der Waals surface area (Å²) < 4.78 is 1.76. The van der Waals surface area contributed by atoms with Crippen LogP contribution < -0.4 is 0 Å². The molecule has 4 heteroatoms. The fourth-order valence-corrected chi connectivity index (χ4v) is 2.47. The van der Waals surface area contributed by atoms with Gasteiger partial charge < -0.3 is 9.67 Å². The van der Waals surface area contributed by atoms with E-state index in [9.17, 15) is 4.79 Å². The number of aliphatic hydroxyl groups excluding tert-OH is 1. The predicted molar refractivity (Wildman–Crippen MR) is 83.2 cm³/mol. The van der Waals surface area contributed by atoms with E-state index in [2.05, 4.69) is 24.0 Å². The first-order valence-corrected chi connectivity index (χ1v) is 7.25. The summed E-state index contributed by atoms with van der Waals surface area (Å²) in [5, 5.41) is 8.94. The van der Waals surface area contributed by atoms with Crippen molar-refractivity contribution in [2.45, 2.75) is 26.7 Å². The molecule has 0 spiro atoms. The van der Waals surface area contributed by atoms with Crippen LogP contribution in [-0.4, -0.2) is 27.0 Å². The second-order valence-electron chi connectivity index (χ2n) is 5.64. The normalized spacial score (nSPS) is 12.4. The molecular formula is C17H22N2O2. The van der Waals surface area contributed by atoms with Crippen molar-refractivity contribution >= 4 is 5.78 Å². The van der Waals surface area contributed by atoms with Gasteiger partial charge in [-0.25, -0.2) is 4.98 Å². The molecule has 1 heterocycles. The summed E-state index contributed by atoms with van der Waals surface area (Å²) >= 11 is 0. The highest BCUT2D eigenvalue weighted by atomic mass is 16.3. The van der Waals surface area contributed by atoms with Gasteiger partial charge in [-0.05, 0) is 24.3 Å². The van der Waals surface area contributed by atoms with Gasteiger partial charge in [-0.3, -0.25) is 4.79 Å². The van der Waals surface area contributed by atoms with Crippen molar-refractivity contribution in [3.63, 3.8) is 0 Å². The summed E-state index contributed by atoms with van der Waals surface area (Å²) in [6.45, 7) is 3.90. The van der Waals surface area contributed by atoms with Crippen molar-refractivity contribution in [2.75, 3.05) is 6.61 Å². The van der Waals surface area contributed by atoms with Crippen LogP contribution >= 0.6 is 0 Å². The molecule has 1 atom stereocenters. The zero-order chi connectivity index (χ0) is 15.4. The Morgan fingerprint density at radius 3 is 2.52 bits per heavy atom. The number of carbonyl (C=O) groups excluding carboxylic acids is 1. The Hall–Kier alpha value is -1.94. The van der Waals surface area contributed by atoms with Crippen LogP contribution in [0.15, 0.2) is 30.5 Å². The van der Waals surface area contributed by atoms with Gasteiger partial charge in [0.25, 0.3) is 0 Å². The Balaban J connectivity index is 2.15. The van der Waals surface area contributed by atoms with Gasteiger partial charge in [-0.15, -0.1) is 0 Å². The number of imidazole rings is 1. The van der Waals surface area contributed by atoms with Crippen molar-refractivity contribution in [3.05, 3.63) is 41.9 Å². The summed E-state index contributed by atoms with van der Waals surface area (Å²) in [5.74, 6) is 0.920. The molecule has 0 fully saturated rings. The molecule has 1 aromatic heterocycles. The van der Waals surface area contributed by atoms with Crippen molar-refractivity contribution in [2.24, 2.45) is 13.0 Å². The molecular weight excluding hydrogens is 264 g/mol. The molecule has 112 valence electrons. The maximum Gasteiger partial charge on any atom is 0.195 e. The molecule has 0 radical (unpaired) electrons. The third-order valence-electron chi connectivity index (χ3n) is 3.65. The van der Waals surface area contributed by atoms with E-state index in [1.165, 1.54) is 12.5 Å². The number of benzene rings is 1. The number of hydrogen-bond donors (Lipinski definition) is 1. The third kappa shape index (κ3) is 3.79. The topological polar surface area (TPSA) is 55.1 Å². The fraction of sp³-hybridized carbons (Fsp3) is 0.412. The Bertz CT molecular complexity index is 614. The van der Waals surface area contributed by atoms with Gasteiger partial charge in [0, 0.05) is 32.3 Å². The lowest BCUT2D eigenvalue weighted by Gasteiger charge is -2.09. The van der Waals surface area contributed by atoms with Crippen LogP contribution in [0, 0.1) is 5.92 Å². The highest BCUT2D eigenvalue weighted by Gasteiger charge is 2.11. The third-order valence-corrected chi connectivity index (χ3v) is 3.65. The molecule has 0 aliphatic rings. The van der Waals surface area contributed by atoms with Crippen molar-refractivity contribution in [1.29, 1.82) is 0 Å². The summed E-state index contributed by atoms with van der Waals surface area (Å²) in [6, 6.07) is 8.25. The fourth-order valence-electron chi connectivity index (χ4n) is 2.47. The predicted octanol–water partition coefficient (Wildman–Crippen LogP) is 2.85. The van der Waals surface area contributed by atoms with Crippen LogP contribution in [0.3, 0.4) is 0 Å². The number of carbonyl (C=O) groups is 1. The molecule has 1 N–H and O–H groups in total. The van der Waals surface area contributed by atoms with Gasteiger partial charge in [-0.2, -0.15) is 0 Å². The first kappa shape index (κ1) is 15.4. The van der Waals surface area contributed by atoms with E-state index in [-0.39, 0.29) is 12.4 Å². The molecule has 0 aliphatic carbocycles. The molecule has 2 aromatic rings. The zero-order valence-electron chi connectivity index (χ0n) is 12.8. The van der Waals surface area contributed by atoms with E-state index >= 15 is 0 Å². The number of rotatable bonds is 6. The van der Waals surface area contributed by atoms with E-state index in [0.717, 1.165) is 24.1 Å². The lowest BCUT2D eigenvalue weighted by Crippen LogP contribution is -2.02. The number of hydrogen-bond acceptors (Lipinski definition) is 3. The number of aliphatic hydroxyl groups is 1. The van der Waals surface area contributed by atoms with Crippen LogP contribution in [-0.2, 0) is 13.5 Å². The zero-order valence-corrected chi connectivity index (χ0v) is 12.8. The number of aryl methyl sites for hydroxylation is 1. The van der Waals surface area contributed by atoms with Crippen LogP contribution in [0.1, 0.15) is 36.5 Å². The molecule has 1 aromatic carbocycles.